The summed E-state index contributed by atoms with van der Waals surface area (Å²) in [6.07, 6.45) is 1.35. The minimum atomic E-state index is -0.534. The first kappa shape index (κ1) is 20.8. The number of fused-ring (bicyclic) bond motifs is 1. The molecule has 2 amide bonds. The maximum absolute atomic E-state index is 13.0. The minimum absolute atomic E-state index is 0.264. The number of carbonyl (C=O) groups is 2. The number of benzene rings is 1. The molecule has 0 aliphatic carbocycles. The molecule has 4 aromatic rings. The number of nitrogens with zero attached hydrogens (tertiary/aromatic N) is 3. The number of thiophene rings is 2. The summed E-state index contributed by atoms with van der Waals surface area (Å²) in [6, 6.07) is 10.9. The van der Waals surface area contributed by atoms with Gasteiger partial charge in [-0.05, 0) is 29.6 Å². The number of hydrazine groups is 1. The maximum atomic E-state index is 13.0. The quantitative estimate of drug-likeness (QED) is 0.453. The number of aromatic nitrogens is 2. The Morgan fingerprint density at radius 3 is 2.71 bits per heavy atom. The van der Waals surface area contributed by atoms with Crippen molar-refractivity contribution in [2.24, 2.45) is 0 Å². The molecule has 0 saturated carbocycles. The van der Waals surface area contributed by atoms with Gasteiger partial charge in [0.25, 0.3) is 17.4 Å². The number of rotatable bonds is 5. The highest BCUT2D eigenvalue weighted by molar-refractivity contribution is 7.18. The van der Waals surface area contributed by atoms with E-state index in [2.05, 4.69) is 15.8 Å². The number of anilines is 1. The van der Waals surface area contributed by atoms with E-state index in [0.717, 1.165) is 16.1 Å². The first-order valence-corrected chi connectivity index (χ1v) is 11.1. The molecule has 0 atom stereocenters. The standard InChI is InChI=1S/C21H19N5O3S2/c1-25(2)14-6-3-5-13(9-14)19(28)24-23-17(27)10-26-12-22-20-18(21(26)29)15(11-31-20)16-7-4-8-30-16/h3-9,11-12H,10H2,1-2H3,(H,23,27)(H,24,28). The van der Waals surface area contributed by atoms with Crippen LogP contribution in [0.5, 0.6) is 0 Å². The van der Waals surface area contributed by atoms with Crippen LogP contribution in [0, 0.1) is 0 Å². The van der Waals surface area contributed by atoms with Crippen LogP contribution in [0.15, 0.2) is 58.3 Å². The van der Waals surface area contributed by atoms with Gasteiger partial charge in [0.15, 0.2) is 0 Å². The lowest BCUT2D eigenvalue weighted by Crippen LogP contribution is -2.44. The van der Waals surface area contributed by atoms with Crippen molar-refractivity contribution < 1.29 is 9.59 Å². The summed E-state index contributed by atoms with van der Waals surface area (Å²) < 4.78 is 1.24. The Kier molecular flexibility index (Phi) is 5.83. The molecule has 0 bridgehead atoms. The zero-order valence-corrected chi connectivity index (χ0v) is 18.4. The summed E-state index contributed by atoms with van der Waals surface area (Å²) in [5, 5.41) is 4.34. The van der Waals surface area contributed by atoms with Gasteiger partial charge in [-0.1, -0.05) is 12.1 Å². The molecule has 0 fully saturated rings. The van der Waals surface area contributed by atoms with E-state index in [1.54, 1.807) is 18.2 Å². The lowest BCUT2D eigenvalue weighted by atomic mass is 10.2. The van der Waals surface area contributed by atoms with Gasteiger partial charge in [0, 0.05) is 41.2 Å². The molecule has 0 aliphatic heterocycles. The highest BCUT2D eigenvalue weighted by Crippen LogP contribution is 2.33. The fourth-order valence-electron chi connectivity index (χ4n) is 3.01. The zero-order valence-electron chi connectivity index (χ0n) is 16.8. The van der Waals surface area contributed by atoms with Crippen LogP contribution in [0.3, 0.4) is 0 Å². The molecule has 10 heteroatoms. The van der Waals surface area contributed by atoms with Crippen LogP contribution in [-0.2, 0) is 11.3 Å². The third-order valence-corrected chi connectivity index (χ3v) is 6.39. The Labute approximate surface area is 185 Å². The highest BCUT2D eigenvalue weighted by Gasteiger charge is 2.16. The summed E-state index contributed by atoms with van der Waals surface area (Å²) in [6.45, 7) is -0.264. The van der Waals surface area contributed by atoms with Crippen LogP contribution in [0.25, 0.3) is 20.7 Å². The normalized spacial score (nSPS) is 10.8. The number of hydrogen-bond acceptors (Lipinski definition) is 7. The summed E-state index contributed by atoms with van der Waals surface area (Å²) >= 11 is 2.93. The lowest BCUT2D eigenvalue weighted by molar-refractivity contribution is -0.122. The molecule has 0 unspecified atom stereocenters. The van der Waals surface area contributed by atoms with E-state index in [1.807, 2.05) is 48.0 Å². The zero-order chi connectivity index (χ0) is 22.0. The largest absolute Gasteiger partial charge is 0.378 e. The smallest absolute Gasteiger partial charge is 0.269 e. The molecule has 1 aromatic carbocycles. The second-order valence-corrected chi connectivity index (χ2v) is 8.74. The Morgan fingerprint density at radius 1 is 1.13 bits per heavy atom. The van der Waals surface area contributed by atoms with Gasteiger partial charge in [0.05, 0.1) is 11.7 Å². The molecule has 0 radical (unpaired) electrons. The van der Waals surface area contributed by atoms with Gasteiger partial charge >= 0.3 is 0 Å². The second-order valence-electron chi connectivity index (χ2n) is 6.93. The van der Waals surface area contributed by atoms with E-state index in [9.17, 15) is 14.4 Å². The molecule has 3 aromatic heterocycles. The highest BCUT2D eigenvalue weighted by atomic mass is 32.1. The topological polar surface area (TPSA) is 96.3 Å². The van der Waals surface area contributed by atoms with Gasteiger partial charge in [-0.25, -0.2) is 4.98 Å². The Bertz CT molecular complexity index is 1310. The van der Waals surface area contributed by atoms with Gasteiger partial charge in [-0.3, -0.25) is 29.8 Å². The third-order valence-electron chi connectivity index (χ3n) is 4.60. The average molecular weight is 454 g/mol. The predicted molar refractivity (Wildman–Crippen MR) is 124 cm³/mol. The first-order chi connectivity index (χ1) is 14.9. The maximum Gasteiger partial charge on any atom is 0.269 e. The number of carbonyl (C=O) groups excluding carboxylic acids is 2. The molecule has 31 heavy (non-hydrogen) atoms. The monoisotopic (exact) mass is 453 g/mol. The van der Waals surface area contributed by atoms with Gasteiger partial charge in [-0.2, -0.15) is 0 Å². The fraction of sp³-hybridized carbons (Fsp3) is 0.143. The van der Waals surface area contributed by atoms with Crippen molar-refractivity contribution in [2.75, 3.05) is 19.0 Å². The van der Waals surface area contributed by atoms with Gasteiger partial charge in [0.2, 0.25) is 0 Å². The fourth-order valence-corrected chi connectivity index (χ4v) is 4.73. The SMILES string of the molecule is CN(C)c1cccc(C(=O)NNC(=O)Cn2cnc3scc(-c4cccs4)c3c2=O)c1. The van der Waals surface area contributed by atoms with Crippen molar-refractivity contribution in [3.63, 3.8) is 0 Å². The third kappa shape index (κ3) is 4.35. The van der Waals surface area contributed by atoms with Crippen LogP contribution in [-0.4, -0.2) is 35.5 Å². The molecule has 0 saturated heterocycles. The molecular formula is C21H19N5O3S2. The molecular weight excluding hydrogens is 434 g/mol. The van der Waals surface area contributed by atoms with Crippen LogP contribution < -0.4 is 21.3 Å². The van der Waals surface area contributed by atoms with E-state index in [0.29, 0.717) is 15.8 Å². The minimum Gasteiger partial charge on any atom is -0.378 e. The van der Waals surface area contributed by atoms with Crippen molar-refractivity contribution >= 4 is 50.4 Å². The second kappa shape index (κ2) is 8.70. The number of nitrogens with one attached hydrogen (secondary N) is 2. The molecule has 0 spiro atoms. The number of hydrogen-bond donors (Lipinski definition) is 2. The van der Waals surface area contributed by atoms with Gasteiger partial charge in [0.1, 0.15) is 11.4 Å². The molecule has 4 rings (SSSR count). The van der Waals surface area contributed by atoms with E-state index >= 15 is 0 Å². The Morgan fingerprint density at radius 2 is 1.97 bits per heavy atom. The van der Waals surface area contributed by atoms with E-state index in [1.165, 1.54) is 33.6 Å². The average Bonchev–Trinajstić information content (AvgIpc) is 3.44. The van der Waals surface area contributed by atoms with Gasteiger partial charge in [-0.15, -0.1) is 22.7 Å². The van der Waals surface area contributed by atoms with Crippen molar-refractivity contribution in [2.45, 2.75) is 6.54 Å². The molecule has 0 aliphatic rings. The van der Waals surface area contributed by atoms with Crippen LogP contribution in [0.1, 0.15) is 10.4 Å². The van der Waals surface area contributed by atoms with Crippen molar-refractivity contribution in [3.05, 3.63) is 69.4 Å². The number of amides is 2. The summed E-state index contributed by atoms with van der Waals surface area (Å²) in [5.41, 5.74) is 6.53. The Balaban J connectivity index is 1.47. The predicted octanol–water partition coefficient (Wildman–Crippen LogP) is 2.71. The Hall–Kier alpha value is -3.50. The van der Waals surface area contributed by atoms with Crippen LogP contribution >= 0.6 is 22.7 Å². The lowest BCUT2D eigenvalue weighted by Gasteiger charge is -2.14. The van der Waals surface area contributed by atoms with E-state index in [4.69, 9.17) is 0 Å². The van der Waals surface area contributed by atoms with E-state index < -0.39 is 11.8 Å². The van der Waals surface area contributed by atoms with Crippen molar-refractivity contribution in [1.82, 2.24) is 20.4 Å². The molecule has 158 valence electrons. The molecule has 8 nitrogen and oxygen atoms in total. The van der Waals surface area contributed by atoms with E-state index in [-0.39, 0.29) is 12.1 Å². The van der Waals surface area contributed by atoms with Crippen molar-refractivity contribution in [1.29, 1.82) is 0 Å². The van der Waals surface area contributed by atoms with Crippen LogP contribution in [0.2, 0.25) is 0 Å². The van der Waals surface area contributed by atoms with Crippen molar-refractivity contribution in [3.8, 4) is 10.4 Å². The van der Waals surface area contributed by atoms with Crippen LogP contribution in [0.4, 0.5) is 5.69 Å². The summed E-state index contributed by atoms with van der Waals surface area (Å²) in [5.74, 6) is -0.982. The summed E-state index contributed by atoms with van der Waals surface area (Å²) in [4.78, 5) is 45.4. The van der Waals surface area contributed by atoms with Gasteiger partial charge < -0.3 is 4.90 Å². The molecule has 3 heterocycles. The first-order valence-electron chi connectivity index (χ1n) is 9.31. The summed E-state index contributed by atoms with van der Waals surface area (Å²) in [7, 11) is 3.75. The molecule has 2 N–H and O–H groups in total.